The number of carbonyl (C=O) groups is 2. The summed E-state index contributed by atoms with van der Waals surface area (Å²) in [7, 11) is -4.60. The van der Waals surface area contributed by atoms with Crippen molar-refractivity contribution < 1.29 is 56.8 Å². The number of unbranched alkanes of at least 4 members (excludes halogenated alkanes) is 20. The molecule has 0 spiro atoms. The number of aliphatic hydroxyl groups is 3. The molecule has 0 aliphatic carbocycles. The summed E-state index contributed by atoms with van der Waals surface area (Å²) >= 11 is 0. The van der Waals surface area contributed by atoms with Gasteiger partial charge in [0.05, 0.1) is 6.61 Å². The van der Waals surface area contributed by atoms with Crippen LogP contribution in [0.3, 0.4) is 0 Å². The van der Waals surface area contributed by atoms with E-state index in [2.05, 4.69) is 38.2 Å². The first-order valence-corrected chi connectivity index (χ1v) is 23.5. The summed E-state index contributed by atoms with van der Waals surface area (Å²) in [6, 6.07) is 0. The number of esters is 2. The molecule has 0 aromatic carbocycles. The molecule has 0 bridgehead atoms. The predicted molar refractivity (Wildman–Crippen MR) is 220 cm³/mol. The maximum atomic E-state index is 12.8. The third kappa shape index (κ3) is 28.5. The number of hydrogen-bond acceptors (Lipinski definition) is 11. The second-order valence-corrected chi connectivity index (χ2v) is 16.9. The summed E-state index contributed by atoms with van der Waals surface area (Å²) in [6.45, 7) is 3.72. The first kappa shape index (κ1) is 52.1. The Morgan fingerprint density at radius 1 is 0.607 bits per heavy atom. The topological polar surface area (TPSA) is 186 Å². The van der Waals surface area contributed by atoms with Gasteiger partial charge in [0.2, 0.25) is 0 Å². The molecule has 6 unspecified atom stereocenters. The third-order valence-electron chi connectivity index (χ3n) is 10.0. The van der Waals surface area contributed by atoms with Crippen LogP contribution in [0, 0.1) is 0 Å². The van der Waals surface area contributed by atoms with Crippen LogP contribution in [0.2, 0.25) is 0 Å². The quantitative estimate of drug-likeness (QED) is 0.0205. The van der Waals surface area contributed by atoms with Gasteiger partial charge >= 0.3 is 11.9 Å². The summed E-state index contributed by atoms with van der Waals surface area (Å²) in [5.74, 6) is -2.00. The van der Waals surface area contributed by atoms with Gasteiger partial charge in [0.15, 0.2) is 12.4 Å². The number of ether oxygens (including phenoxy) is 4. The van der Waals surface area contributed by atoms with Gasteiger partial charge in [-0.05, 0) is 44.9 Å². The number of carbonyl (C=O) groups excluding carboxylic acids is 2. The molecular formula is C43H78O12S. The van der Waals surface area contributed by atoms with Crippen molar-refractivity contribution in [2.75, 3.05) is 19.0 Å². The zero-order valence-electron chi connectivity index (χ0n) is 34.7. The Morgan fingerprint density at radius 2 is 1.07 bits per heavy atom. The number of rotatable bonds is 36. The van der Waals surface area contributed by atoms with Crippen molar-refractivity contribution in [1.82, 2.24) is 0 Å². The summed E-state index contributed by atoms with van der Waals surface area (Å²) in [5.41, 5.74) is 0. The van der Waals surface area contributed by atoms with Gasteiger partial charge in [0, 0.05) is 12.8 Å². The van der Waals surface area contributed by atoms with Gasteiger partial charge in [-0.25, -0.2) is 0 Å². The second kappa shape index (κ2) is 34.0. The minimum absolute atomic E-state index is 0.151. The fraction of sp³-hybridized carbons (Fsp3) is 0.860. The SMILES string of the molecule is CCCCCC/C=C\C/C=C\CCCCCCCC(=O)OC(COC(=O)CCCCCCCCCCCCCC)COC1OC(CS(=O)(=O)O)C(O)C(O)C1O. The van der Waals surface area contributed by atoms with Crippen LogP contribution >= 0.6 is 0 Å². The van der Waals surface area contributed by atoms with Gasteiger partial charge in [-0.15, -0.1) is 0 Å². The van der Waals surface area contributed by atoms with Gasteiger partial charge in [-0.3, -0.25) is 14.1 Å². The first-order valence-electron chi connectivity index (χ1n) is 21.9. The molecule has 1 saturated heterocycles. The average molecular weight is 819 g/mol. The van der Waals surface area contributed by atoms with Crippen molar-refractivity contribution in [1.29, 1.82) is 0 Å². The molecule has 13 heteroatoms. The Kier molecular flexibility index (Phi) is 31.7. The Morgan fingerprint density at radius 3 is 1.59 bits per heavy atom. The highest BCUT2D eigenvalue weighted by molar-refractivity contribution is 7.85. The smallest absolute Gasteiger partial charge is 0.306 e. The molecule has 0 radical (unpaired) electrons. The zero-order valence-corrected chi connectivity index (χ0v) is 35.6. The normalized spacial score (nSPS) is 20.9. The Bertz CT molecular complexity index is 1140. The molecule has 1 aliphatic rings. The van der Waals surface area contributed by atoms with Crippen molar-refractivity contribution >= 4 is 22.1 Å². The predicted octanol–water partition coefficient (Wildman–Crippen LogP) is 8.45. The van der Waals surface area contributed by atoms with E-state index in [9.17, 15) is 37.9 Å². The second-order valence-electron chi connectivity index (χ2n) is 15.4. The lowest BCUT2D eigenvalue weighted by Crippen LogP contribution is -2.60. The molecule has 1 heterocycles. The summed E-state index contributed by atoms with van der Waals surface area (Å²) < 4.78 is 54.0. The van der Waals surface area contributed by atoms with Crippen molar-refractivity contribution in [3.05, 3.63) is 24.3 Å². The van der Waals surface area contributed by atoms with E-state index >= 15 is 0 Å². The van der Waals surface area contributed by atoms with Crippen LogP contribution in [0.15, 0.2) is 24.3 Å². The molecule has 328 valence electrons. The standard InChI is InChI=1S/C43H78O12S/c1-3-5-7-9-11-13-15-17-18-19-20-22-24-26-28-30-32-39(45)54-36(34-53-43-42(48)41(47)40(46)37(55-43)35-56(49,50)51)33-52-38(44)31-29-27-25-23-21-16-14-12-10-8-6-4-2/h13,15,18-19,36-37,40-43,46-48H,3-12,14,16-17,20-35H2,1-2H3,(H,49,50,51)/b15-13-,19-18-. The van der Waals surface area contributed by atoms with Crippen LogP contribution in [0.4, 0.5) is 0 Å². The van der Waals surface area contributed by atoms with E-state index in [4.69, 9.17) is 18.9 Å². The van der Waals surface area contributed by atoms with Crippen molar-refractivity contribution in [3.63, 3.8) is 0 Å². The van der Waals surface area contributed by atoms with E-state index < -0.39 is 71.2 Å². The van der Waals surface area contributed by atoms with Crippen LogP contribution in [0.1, 0.15) is 181 Å². The van der Waals surface area contributed by atoms with Gasteiger partial charge in [0.1, 0.15) is 36.8 Å². The van der Waals surface area contributed by atoms with Crippen LogP contribution in [0.25, 0.3) is 0 Å². The number of allylic oxidation sites excluding steroid dienone is 4. The average Bonchev–Trinajstić information content (AvgIpc) is 3.16. The van der Waals surface area contributed by atoms with E-state index in [0.29, 0.717) is 12.8 Å². The summed E-state index contributed by atoms with van der Waals surface area (Å²) in [6.07, 6.45) is 26.5. The summed E-state index contributed by atoms with van der Waals surface area (Å²) in [4.78, 5) is 25.3. The molecule has 1 rings (SSSR count). The molecule has 0 amide bonds. The maximum absolute atomic E-state index is 12.8. The van der Waals surface area contributed by atoms with E-state index in [0.717, 1.165) is 64.2 Å². The lowest BCUT2D eigenvalue weighted by molar-refractivity contribution is -0.297. The molecule has 0 aromatic heterocycles. The Hall–Kier alpha value is -1.87. The van der Waals surface area contributed by atoms with Crippen LogP contribution in [-0.4, -0.2) is 96.0 Å². The molecular weight excluding hydrogens is 741 g/mol. The van der Waals surface area contributed by atoms with E-state index in [1.807, 2.05) is 0 Å². The highest BCUT2D eigenvalue weighted by atomic mass is 32.2. The Labute approximate surface area is 338 Å². The van der Waals surface area contributed by atoms with Crippen LogP contribution < -0.4 is 0 Å². The van der Waals surface area contributed by atoms with E-state index in [-0.39, 0.29) is 19.4 Å². The Balaban J connectivity index is 2.48. The highest BCUT2D eigenvalue weighted by Gasteiger charge is 2.46. The van der Waals surface area contributed by atoms with Gasteiger partial charge in [-0.2, -0.15) is 8.42 Å². The molecule has 1 fully saturated rings. The number of hydrogen-bond donors (Lipinski definition) is 4. The van der Waals surface area contributed by atoms with Gasteiger partial charge in [-0.1, -0.05) is 147 Å². The summed E-state index contributed by atoms with van der Waals surface area (Å²) in [5, 5.41) is 30.8. The first-order chi connectivity index (χ1) is 27.0. The van der Waals surface area contributed by atoms with E-state index in [1.165, 1.54) is 77.0 Å². The maximum Gasteiger partial charge on any atom is 0.306 e. The molecule has 6 atom stereocenters. The minimum Gasteiger partial charge on any atom is -0.462 e. The molecule has 56 heavy (non-hydrogen) atoms. The van der Waals surface area contributed by atoms with Crippen LogP contribution in [0.5, 0.6) is 0 Å². The lowest BCUT2D eigenvalue weighted by Gasteiger charge is -2.40. The third-order valence-corrected chi connectivity index (χ3v) is 10.8. The molecule has 0 aromatic rings. The fourth-order valence-corrected chi connectivity index (χ4v) is 7.28. The van der Waals surface area contributed by atoms with Crippen molar-refractivity contribution in [3.8, 4) is 0 Å². The monoisotopic (exact) mass is 819 g/mol. The van der Waals surface area contributed by atoms with Crippen molar-refractivity contribution in [2.24, 2.45) is 0 Å². The zero-order chi connectivity index (χ0) is 41.3. The largest absolute Gasteiger partial charge is 0.462 e. The van der Waals surface area contributed by atoms with Crippen LogP contribution in [-0.2, 0) is 38.7 Å². The highest BCUT2D eigenvalue weighted by Crippen LogP contribution is 2.24. The van der Waals surface area contributed by atoms with E-state index in [1.54, 1.807) is 0 Å². The van der Waals surface area contributed by atoms with Gasteiger partial charge < -0.3 is 34.3 Å². The number of aliphatic hydroxyl groups excluding tert-OH is 3. The molecule has 1 aliphatic heterocycles. The molecule has 4 N–H and O–H groups in total. The lowest BCUT2D eigenvalue weighted by atomic mass is 10.00. The molecule has 0 saturated carbocycles. The minimum atomic E-state index is -4.60. The van der Waals surface area contributed by atoms with Gasteiger partial charge in [0.25, 0.3) is 10.1 Å². The molecule has 12 nitrogen and oxygen atoms in total. The fourth-order valence-electron chi connectivity index (χ4n) is 6.59. The van der Waals surface area contributed by atoms with Crippen molar-refractivity contribution in [2.45, 2.75) is 218 Å².